The predicted octanol–water partition coefficient (Wildman–Crippen LogP) is 1.53. The largest absolute Gasteiger partial charge is 0.399 e. The lowest BCUT2D eigenvalue weighted by atomic mass is 10.3. The van der Waals surface area contributed by atoms with Gasteiger partial charge in [-0.25, -0.2) is 8.78 Å². The van der Waals surface area contributed by atoms with E-state index in [9.17, 15) is 8.78 Å². The number of nitrogen functional groups attached to an aromatic ring is 1. The van der Waals surface area contributed by atoms with Crippen LogP contribution in [0.25, 0.3) is 5.65 Å². The van der Waals surface area contributed by atoms with Crippen LogP contribution in [0.5, 0.6) is 0 Å². The Morgan fingerprint density at radius 2 is 1.89 bits per heavy atom. The van der Waals surface area contributed by atoms with Crippen molar-refractivity contribution in [3.8, 4) is 0 Å². The van der Waals surface area contributed by atoms with E-state index in [1.54, 1.807) is 12.1 Å². The molecule has 3 aromatic rings. The van der Waals surface area contributed by atoms with Crippen LogP contribution in [0.3, 0.4) is 0 Å². The molecule has 0 saturated carbocycles. The quantitative estimate of drug-likeness (QED) is 0.717. The highest BCUT2D eigenvalue weighted by atomic mass is 32.2. The van der Waals surface area contributed by atoms with Gasteiger partial charge < -0.3 is 5.73 Å². The van der Waals surface area contributed by atoms with Crippen molar-refractivity contribution < 1.29 is 8.78 Å². The number of fused-ring (bicyclic) bond motifs is 1. The monoisotopic (exact) mass is 280 g/mol. The van der Waals surface area contributed by atoms with Crippen molar-refractivity contribution in [2.75, 3.05) is 5.73 Å². The third-order valence-electron chi connectivity index (χ3n) is 2.27. The molecular weight excluding hydrogens is 274 g/mol. The van der Waals surface area contributed by atoms with Gasteiger partial charge in [-0.2, -0.15) is 0 Å². The van der Waals surface area contributed by atoms with Crippen molar-refractivity contribution in [2.45, 2.75) is 9.92 Å². The van der Waals surface area contributed by atoms with Crippen LogP contribution in [0.15, 0.2) is 34.2 Å². The maximum absolute atomic E-state index is 13.6. The molecule has 2 N–H and O–H groups in total. The van der Waals surface area contributed by atoms with Crippen LogP contribution in [-0.2, 0) is 0 Å². The Morgan fingerprint density at radius 1 is 1.16 bits per heavy atom. The fourth-order valence-corrected chi connectivity index (χ4v) is 2.25. The minimum Gasteiger partial charge on any atom is -0.399 e. The van der Waals surface area contributed by atoms with Gasteiger partial charge in [0.15, 0.2) is 5.65 Å². The van der Waals surface area contributed by atoms with Crippen molar-refractivity contribution in [1.29, 1.82) is 0 Å². The molecule has 0 spiro atoms. The van der Waals surface area contributed by atoms with Crippen LogP contribution < -0.4 is 5.73 Å². The van der Waals surface area contributed by atoms with Gasteiger partial charge in [0.25, 0.3) is 0 Å². The minimum absolute atomic E-state index is 0.0308. The molecule has 0 amide bonds. The molecule has 0 aliphatic rings. The fraction of sp³-hybridized carbons (Fsp3) is 0. The Balaban J connectivity index is 2.00. The van der Waals surface area contributed by atoms with Crippen LogP contribution in [0.1, 0.15) is 0 Å². The zero-order chi connectivity index (χ0) is 13.4. The molecule has 0 saturated heterocycles. The summed E-state index contributed by atoms with van der Waals surface area (Å²) in [5.41, 5.74) is 5.82. The summed E-state index contributed by atoms with van der Waals surface area (Å²) in [6.07, 6.45) is 0. The normalized spacial score (nSPS) is 11.1. The van der Waals surface area contributed by atoms with Gasteiger partial charge in [0.1, 0.15) is 16.7 Å². The number of benzene rings is 1. The van der Waals surface area contributed by atoms with E-state index in [1.165, 1.54) is 4.63 Å². The van der Waals surface area contributed by atoms with E-state index < -0.39 is 11.6 Å². The number of tetrazole rings is 1. The van der Waals surface area contributed by atoms with Crippen molar-refractivity contribution in [2.24, 2.45) is 0 Å². The Morgan fingerprint density at radius 3 is 2.63 bits per heavy atom. The van der Waals surface area contributed by atoms with E-state index in [1.807, 2.05) is 0 Å². The molecule has 0 bridgehead atoms. The number of halogens is 2. The first-order valence-corrected chi connectivity index (χ1v) is 5.93. The van der Waals surface area contributed by atoms with Gasteiger partial charge in [-0.3, -0.25) is 0 Å². The number of hydrogen-bond donors (Lipinski definition) is 1. The molecule has 0 radical (unpaired) electrons. The molecule has 0 aliphatic carbocycles. The van der Waals surface area contributed by atoms with Gasteiger partial charge in [0.2, 0.25) is 0 Å². The SMILES string of the molecule is Nc1cc(F)c(Sc2ccc3nnnn3n2)c(F)c1. The molecule has 9 heteroatoms. The maximum Gasteiger partial charge on any atom is 0.200 e. The highest BCUT2D eigenvalue weighted by Gasteiger charge is 2.13. The summed E-state index contributed by atoms with van der Waals surface area (Å²) in [5, 5.41) is 15.1. The molecule has 0 unspecified atom stereocenters. The van der Waals surface area contributed by atoms with E-state index in [-0.39, 0.29) is 10.6 Å². The Kier molecular flexibility index (Phi) is 2.75. The standard InChI is InChI=1S/C10H6F2N6S/c11-6-3-5(13)4-7(12)10(6)19-9-2-1-8-14-16-17-18(8)15-9/h1-4H,13H2. The summed E-state index contributed by atoms with van der Waals surface area (Å²) in [5.74, 6) is -1.47. The fourth-order valence-electron chi connectivity index (χ4n) is 1.47. The van der Waals surface area contributed by atoms with Crippen molar-refractivity contribution in [3.05, 3.63) is 35.9 Å². The molecule has 6 nitrogen and oxygen atoms in total. The van der Waals surface area contributed by atoms with E-state index in [0.717, 1.165) is 23.9 Å². The highest BCUT2D eigenvalue weighted by molar-refractivity contribution is 7.99. The third kappa shape index (κ3) is 2.19. The lowest BCUT2D eigenvalue weighted by molar-refractivity contribution is 0.541. The topological polar surface area (TPSA) is 82.0 Å². The van der Waals surface area contributed by atoms with E-state index >= 15 is 0 Å². The molecule has 2 heterocycles. The molecule has 96 valence electrons. The third-order valence-corrected chi connectivity index (χ3v) is 3.29. The second kappa shape index (κ2) is 4.43. The van der Waals surface area contributed by atoms with Crippen LogP contribution in [-0.4, -0.2) is 25.3 Å². The molecule has 2 aromatic heterocycles. The molecular formula is C10H6F2N6S. The van der Waals surface area contributed by atoms with Crippen LogP contribution in [0.4, 0.5) is 14.5 Å². The van der Waals surface area contributed by atoms with Crippen LogP contribution in [0.2, 0.25) is 0 Å². The Labute approximate surface area is 109 Å². The maximum atomic E-state index is 13.6. The zero-order valence-corrected chi connectivity index (χ0v) is 10.1. The summed E-state index contributed by atoms with van der Waals surface area (Å²) in [4.78, 5) is -0.172. The number of nitrogens with zero attached hydrogens (tertiary/aromatic N) is 5. The zero-order valence-electron chi connectivity index (χ0n) is 9.29. The highest BCUT2D eigenvalue weighted by Crippen LogP contribution is 2.31. The lowest BCUT2D eigenvalue weighted by Gasteiger charge is -2.05. The van der Waals surface area contributed by atoms with E-state index in [2.05, 4.69) is 20.6 Å². The Bertz CT molecular complexity index is 736. The first kappa shape index (κ1) is 11.8. The minimum atomic E-state index is -0.735. The molecule has 0 fully saturated rings. The van der Waals surface area contributed by atoms with Crippen molar-refractivity contribution in [3.63, 3.8) is 0 Å². The van der Waals surface area contributed by atoms with Gasteiger partial charge in [0.05, 0.1) is 4.90 Å². The van der Waals surface area contributed by atoms with Gasteiger partial charge in [-0.15, -0.1) is 14.8 Å². The summed E-state index contributed by atoms with van der Waals surface area (Å²) in [7, 11) is 0. The number of hydrogen-bond acceptors (Lipinski definition) is 6. The second-order valence-corrected chi connectivity index (χ2v) is 4.64. The van der Waals surface area contributed by atoms with Gasteiger partial charge >= 0.3 is 0 Å². The van der Waals surface area contributed by atoms with Crippen molar-refractivity contribution in [1.82, 2.24) is 25.3 Å². The lowest BCUT2D eigenvalue weighted by Crippen LogP contribution is -1.97. The number of anilines is 1. The molecule has 19 heavy (non-hydrogen) atoms. The molecule has 1 aromatic carbocycles. The summed E-state index contributed by atoms with van der Waals surface area (Å²) >= 11 is 0.835. The van der Waals surface area contributed by atoms with Crippen molar-refractivity contribution >= 4 is 23.1 Å². The second-order valence-electron chi connectivity index (χ2n) is 3.61. The summed E-state index contributed by atoms with van der Waals surface area (Å²) < 4.78 is 28.4. The van der Waals surface area contributed by atoms with Crippen LogP contribution in [0, 0.1) is 11.6 Å². The number of nitrogens with two attached hydrogens (primary N) is 1. The first-order chi connectivity index (χ1) is 9.13. The average Bonchev–Trinajstić information content (AvgIpc) is 2.81. The van der Waals surface area contributed by atoms with E-state index in [0.29, 0.717) is 10.7 Å². The van der Waals surface area contributed by atoms with Gasteiger partial charge in [0, 0.05) is 5.69 Å². The van der Waals surface area contributed by atoms with E-state index in [4.69, 9.17) is 5.73 Å². The van der Waals surface area contributed by atoms with Gasteiger partial charge in [-0.1, -0.05) is 11.8 Å². The number of aromatic nitrogens is 5. The molecule has 0 atom stereocenters. The first-order valence-electron chi connectivity index (χ1n) is 5.11. The predicted molar refractivity (Wildman–Crippen MR) is 63.5 cm³/mol. The summed E-state index contributed by atoms with van der Waals surface area (Å²) in [6.45, 7) is 0. The van der Waals surface area contributed by atoms with Gasteiger partial charge in [-0.05, 0) is 34.7 Å². The molecule has 0 aliphatic heterocycles. The smallest absolute Gasteiger partial charge is 0.200 e. The van der Waals surface area contributed by atoms with Crippen LogP contribution >= 0.6 is 11.8 Å². The molecule has 3 rings (SSSR count). The Hall–Kier alpha value is -2.29. The summed E-state index contributed by atoms with van der Waals surface area (Å²) in [6, 6.07) is 5.29. The average molecular weight is 280 g/mol. The number of rotatable bonds is 2.